The zero-order valence-corrected chi connectivity index (χ0v) is 11.7. The lowest BCUT2D eigenvalue weighted by Gasteiger charge is -2.13. The molecule has 2 nitrogen and oxygen atoms in total. The number of halogens is 2. The van der Waals surface area contributed by atoms with Crippen LogP contribution in [0.15, 0.2) is 23.6 Å². The van der Waals surface area contributed by atoms with E-state index >= 15 is 0 Å². The van der Waals surface area contributed by atoms with Crippen molar-refractivity contribution in [3.63, 3.8) is 0 Å². The number of aromatic nitrogens is 1. The zero-order chi connectivity index (χ0) is 13.1. The normalized spacial score (nSPS) is 12.4. The molecule has 0 aliphatic heterocycles. The molecule has 0 aliphatic carbocycles. The van der Waals surface area contributed by atoms with Crippen LogP contribution in [-0.2, 0) is 5.88 Å². The van der Waals surface area contributed by atoms with Crippen molar-refractivity contribution in [1.29, 1.82) is 0 Å². The molecule has 0 amide bonds. The maximum atomic E-state index is 13.8. The maximum Gasteiger partial charge on any atom is 0.167 e. The number of benzene rings is 1. The Labute approximate surface area is 114 Å². The van der Waals surface area contributed by atoms with Crippen molar-refractivity contribution >= 4 is 22.9 Å². The number of aryl methyl sites for hydroxylation is 1. The summed E-state index contributed by atoms with van der Waals surface area (Å²) in [6.07, 6.45) is -0.289. The predicted molar refractivity (Wildman–Crippen MR) is 71.9 cm³/mol. The Morgan fingerprint density at radius 3 is 2.94 bits per heavy atom. The van der Waals surface area contributed by atoms with E-state index in [2.05, 4.69) is 4.98 Å². The van der Waals surface area contributed by atoms with Gasteiger partial charge < -0.3 is 4.74 Å². The van der Waals surface area contributed by atoms with Gasteiger partial charge in [0.05, 0.1) is 11.6 Å². The fraction of sp³-hybridized carbons (Fsp3) is 0.308. The first-order valence-electron chi connectivity index (χ1n) is 5.54. The second kappa shape index (κ2) is 5.67. The molecule has 96 valence electrons. The molecule has 1 aromatic heterocycles. The van der Waals surface area contributed by atoms with Crippen molar-refractivity contribution in [2.45, 2.75) is 25.8 Å². The monoisotopic (exact) mass is 285 g/mol. The lowest BCUT2D eigenvalue weighted by Crippen LogP contribution is -2.04. The fourth-order valence-corrected chi connectivity index (χ4v) is 2.55. The highest BCUT2D eigenvalue weighted by atomic mass is 35.5. The van der Waals surface area contributed by atoms with E-state index in [1.165, 1.54) is 11.3 Å². The summed E-state index contributed by atoms with van der Waals surface area (Å²) >= 11 is 7.16. The van der Waals surface area contributed by atoms with E-state index < -0.39 is 0 Å². The summed E-state index contributed by atoms with van der Waals surface area (Å²) in [4.78, 5) is 4.32. The van der Waals surface area contributed by atoms with Gasteiger partial charge in [0.2, 0.25) is 0 Å². The second-order valence-electron chi connectivity index (χ2n) is 3.96. The van der Waals surface area contributed by atoms with E-state index in [0.717, 1.165) is 10.7 Å². The quantitative estimate of drug-likeness (QED) is 0.773. The molecule has 2 aromatic rings. The van der Waals surface area contributed by atoms with Crippen LogP contribution in [0.2, 0.25) is 0 Å². The molecule has 1 aromatic carbocycles. The number of alkyl halides is 1. The lowest BCUT2D eigenvalue weighted by atomic mass is 10.2. The minimum absolute atomic E-state index is 0.255. The standard InChI is InChI=1S/C13H13ClFNOS/c1-8-4-3-5-11(12(8)15)17-9(2)13-16-10(6-14)7-18-13/h3-5,7,9H,6H2,1-2H3. The van der Waals surface area contributed by atoms with Gasteiger partial charge in [-0.05, 0) is 25.5 Å². The third-order valence-corrected chi connectivity index (χ3v) is 3.84. The zero-order valence-electron chi connectivity index (χ0n) is 10.1. The van der Waals surface area contributed by atoms with Crippen LogP contribution in [-0.4, -0.2) is 4.98 Å². The number of hydrogen-bond donors (Lipinski definition) is 0. The lowest BCUT2D eigenvalue weighted by molar-refractivity contribution is 0.215. The van der Waals surface area contributed by atoms with Crippen molar-refractivity contribution in [1.82, 2.24) is 4.98 Å². The molecule has 0 bridgehead atoms. The molecule has 0 saturated heterocycles. The van der Waals surface area contributed by atoms with Crippen LogP contribution in [0.1, 0.15) is 29.3 Å². The Kier molecular flexibility index (Phi) is 4.19. The Morgan fingerprint density at radius 1 is 1.50 bits per heavy atom. The smallest absolute Gasteiger partial charge is 0.167 e. The molecule has 0 saturated carbocycles. The van der Waals surface area contributed by atoms with Crippen LogP contribution < -0.4 is 4.74 Å². The van der Waals surface area contributed by atoms with E-state index in [0.29, 0.717) is 11.4 Å². The Hall–Kier alpha value is -1.13. The van der Waals surface area contributed by atoms with Crippen LogP contribution in [0.3, 0.4) is 0 Å². The minimum atomic E-state index is -0.321. The average molecular weight is 286 g/mol. The van der Waals surface area contributed by atoms with E-state index in [9.17, 15) is 4.39 Å². The summed E-state index contributed by atoms with van der Waals surface area (Å²) in [5, 5.41) is 2.68. The van der Waals surface area contributed by atoms with Gasteiger partial charge in [-0.25, -0.2) is 9.37 Å². The largest absolute Gasteiger partial charge is 0.480 e. The topological polar surface area (TPSA) is 22.1 Å². The van der Waals surface area contributed by atoms with Crippen molar-refractivity contribution in [2.75, 3.05) is 0 Å². The van der Waals surface area contributed by atoms with E-state index in [1.807, 2.05) is 12.3 Å². The summed E-state index contributed by atoms with van der Waals surface area (Å²) in [7, 11) is 0. The molecular formula is C13H13ClFNOS. The molecule has 0 aliphatic rings. The van der Waals surface area contributed by atoms with Gasteiger partial charge in [-0.15, -0.1) is 22.9 Å². The Balaban J connectivity index is 2.15. The van der Waals surface area contributed by atoms with Gasteiger partial charge in [0.15, 0.2) is 11.6 Å². The molecular weight excluding hydrogens is 273 g/mol. The van der Waals surface area contributed by atoms with Crippen molar-refractivity contribution in [2.24, 2.45) is 0 Å². The fourth-order valence-electron chi connectivity index (χ4n) is 1.52. The first kappa shape index (κ1) is 13.3. The van der Waals surface area contributed by atoms with Crippen LogP contribution in [0.4, 0.5) is 4.39 Å². The average Bonchev–Trinajstić information content (AvgIpc) is 2.83. The van der Waals surface area contributed by atoms with Gasteiger partial charge in [0, 0.05) is 5.38 Å². The molecule has 1 atom stereocenters. The third-order valence-electron chi connectivity index (χ3n) is 2.51. The summed E-state index contributed by atoms with van der Waals surface area (Å²) in [6.45, 7) is 3.56. The summed E-state index contributed by atoms with van der Waals surface area (Å²) < 4.78 is 19.4. The molecule has 0 N–H and O–H groups in total. The first-order chi connectivity index (χ1) is 8.61. The van der Waals surface area contributed by atoms with Crippen molar-refractivity contribution in [3.8, 4) is 5.75 Å². The van der Waals surface area contributed by atoms with Crippen LogP contribution in [0.25, 0.3) is 0 Å². The van der Waals surface area contributed by atoms with E-state index in [1.54, 1.807) is 25.1 Å². The third kappa shape index (κ3) is 2.82. The van der Waals surface area contributed by atoms with Crippen LogP contribution in [0.5, 0.6) is 5.75 Å². The number of hydrogen-bond acceptors (Lipinski definition) is 3. The second-order valence-corrected chi connectivity index (χ2v) is 5.11. The van der Waals surface area contributed by atoms with Crippen LogP contribution >= 0.6 is 22.9 Å². The maximum absolute atomic E-state index is 13.8. The van der Waals surface area contributed by atoms with Gasteiger partial charge in [-0.1, -0.05) is 12.1 Å². The van der Waals surface area contributed by atoms with Crippen molar-refractivity contribution in [3.05, 3.63) is 45.7 Å². The molecule has 2 rings (SSSR count). The van der Waals surface area contributed by atoms with Gasteiger partial charge in [-0.2, -0.15) is 0 Å². The molecule has 1 unspecified atom stereocenters. The molecule has 0 spiro atoms. The molecule has 5 heteroatoms. The SMILES string of the molecule is Cc1cccc(OC(C)c2nc(CCl)cs2)c1F. The molecule has 0 fully saturated rings. The highest BCUT2D eigenvalue weighted by molar-refractivity contribution is 7.09. The van der Waals surface area contributed by atoms with Gasteiger partial charge in [0.25, 0.3) is 0 Å². The first-order valence-corrected chi connectivity index (χ1v) is 6.95. The predicted octanol–water partition coefficient (Wildman–Crippen LogP) is 4.47. The number of rotatable bonds is 4. The highest BCUT2D eigenvalue weighted by Crippen LogP contribution is 2.27. The van der Waals surface area contributed by atoms with Crippen molar-refractivity contribution < 1.29 is 9.13 Å². The highest BCUT2D eigenvalue weighted by Gasteiger charge is 2.15. The van der Waals surface area contributed by atoms with Gasteiger partial charge in [-0.3, -0.25) is 0 Å². The van der Waals surface area contributed by atoms with E-state index in [4.69, 9.17) is 16.3 Å². The van der Waals surface area contributed by atoms with Gasteiger partial charge >= 0.3 is 0 Å². The van der Waals surface area contributed by atoms with Crippen LogP contribution in [0, 0.1) is 12.7 Å². The molecule has 1 heterocycles. The number of nitrogens with zero attached hydrogens (tertiary/aromatic N) is 1. The molecule has 0 radical (unpaired) electrons. The summed E-state index contributed by atoms with van der Waals surface area (Å²) in [5.41, 5.74) is 1.39. The van der Waals surface area contributed by atoms with E-state index in [-0.39, 0.29) is 17.7 Å². The summed E-state index contributed by atoms with van der Waals surface area (Å²) in [6, 6.07) is 5.10. The Morgan fingerprint density at radius 2 is 2.28 bits per heavy atom. The summed E-state index contributed by atoms with van der Waals surface area (Å²) in [5.74, 6) is 0.311. The minimum Gasteiger partial charge on any atom is -0.480 e. The number of ether oxygens (including phenoxy) is 1. The van der Waals surface area contributed by atoms with Gasteiger partial charge in [0.1, 0.15) is 11.1 Å². The molecule has 18 heavy (non-hydrogen) atoms. The Bertz CT molecular complexity index is 544. The number of thiazole rings is 1.